The Balaban J connectivity index is 2.18. The summed E-state index contributed by atoms with van der Waals surface area (Å²) in [6.45, 7) is 4.63. The fraction of sp³-hybridized carbons (Fsp3) is 0.571. The lowest BCUT2D eigenvalue weighted by Gasteiger charge is -2.37. The Hall–Kier alpha value is -0.980. The van der Waals surface area contributed by atoms with Crippen LogP contribution in [0.5, 0.6) is 0 Å². The van der Waals surface area contributed by atoms with Crippen molar-refractivity contribution in [2.45, 2.75) is 39.2 Å². The van der Waals surface area contributed by atoms with Crippen molar-refractivity contribution in [3.05, 3.63) is 29.8 Å². The molecular weight excluding hydrogens is 182 g/mol. The summed E-state index contributed by atoms with van der Waals surface area (Å²) in [6, 6.07) is 9.54. The monoisotopic (exact) mass is 203 g/mol. The number of nitrogens with zero attached hydrogens (tertiary/aromatic N) is 1. The lowest BCUT2D eigenvalue weighted by molar-refractivity contribution is 0.446. The van der Waals surface area contributed by atoms with Crippen LogP contribution in [0.15, 0.2) is 24.3 Å². The van der Waals surface area contributed by atoms with E-state index in [0.29, 0.717) is 0 Å². The van der Waals surface area contributed by atoms with Crippen molar-refractivity contribution in [2.24, 2.45) is 5.92 Å². The van der Waals surface area contributed by atoms with Gasteiger partial charge in [-0.2, -0.15) is 0 Å². The maximum atomic E-state index is 2.47. The zero-order chi connectivity index (χ0) is 10.8. The first-order valence-corrected chi connectivity index (χ1v) is 5.99. The standard InChI is InChI=1S/C14H21N/c1-11(2)10-13-9-8-12-6-4-5-7-14(12)15(13)3/h4-7,11,13H,8-10H2,1-3H3/t13-/m1/s1. The highest BCUT2D eigenvalue weighted by molar-refractivity contribution is 5.55. The highest BCUT2D eigenvalue weighted by Gasteiger charge is 2.23. The maximum Gasteiger partial charge on any atom is 0.0398 e. The summed E-state index contributed by atoms with van der Waals surface area (Å²) in [5.74, 6) is 0.794. The zero-order valence-corrected chi connectivity index (χ0v) is 10.0. The zero-order valence-electron chi connectivity index (χ0n) is 10.0. The van der Waals surface area contributed by atoms with Crippen LogP contribution in [-0.4, -0.2) is 13.1 Å². The molecule has 0 bridgehead atoms. The number of aryl methyl sites for hydroxylation is 1. The van der Waals surface area contributed by atoms with Crippen molar-refractivity contribution in [1.82, 2.24) is 0 Å². The molecule has 0 aromatic heterocycles. The Morgan fingerprint density at radius 1 is 1.33 bits per heavy atom. The van der Waals surface area contributed by atoms with E-state index in [9.17, 15) is 0 Å². The Labute approximate surface area is 93.1 Å². The van der Waals surface area contributed by atoms with E-state index in [-0.39, 0.29) is 0 Å². The molecule has 1 aliphatic heterocycles. The van der Waals surface area contributed by atoms with Gasteiger partial charge in [0.15, 0.2) is 0 Å². The summed E-state index contributed by atoms with van der Waals surface area (Å²) in [6.07, 6.45) is 3.87. The molecule has 0 N–H and O–H groups in total. The summed E-state index contributed by atoms with van der Waals surface area (Å²) in [5.41, 5.74) is 2.95. The molecule has 0 unspecified atom stereocenters. The van der Waals surface area contributed by atoms with Gasteiger partial charge in [0.05, 0.1) is 0 Å². The van der Waals surface area contributed by atoms with Crippen molar-refractivity contribution in [2.75, 3.05) is 11.9 Å². The molecule has 0 amide bonds. The number of hydrogen-bond acceptors (Lipinski definition) is 1. The SMILES string of the molecule is CC(C)C[C@H]1CCc2ccccc2N1C. The molecule has 1 heterocycles. The normalized spacial score (nSPS) is 20.5. The van der Waals surface area contributed by atoms with Gasteiger partial charge in [-0.25, -0.2) is 0 Å². The van der Waals surface area contributed by atoms with Crippen LogP contribution >= 0.6 is 0 Å². The van der Waals surface area contributed by atoms with Gasteiger partial charge < -0.3 is 4.90 Å². The van der Waals surface area contributed by atoms with E-state index in [1.807, 2.05) is 0 Å². The predicted octanol–water partition coefficient (Wildman–Crippen LogP) is 3.48. The molecule has 1 nitrogen and oxygen atoms in total. The lowest BCUT2D eigenvalue weighted by atomic mass is 9.91. The van der Waals surface area contributed by atoms with E-state index >= 15 is 0 Å². The minimum atomic E-state index is 0.736. The highest BCUT2D eigenvalue weighted by atomic mass is 15.1. The van der Waals surface area contributed by atoms with Crippen LogP contribution in [0.4, 0.5) is 5.69 Å². The number of fused-ring (bicyclic) bond motifs is 1. The fourth-order valence-electron chi connectivity index (χ4n) is 2.60. The summed E-state index contributed by atoms with van der Waals surface area (Å²) in [5, 5.41) is 0. The van der Waals surface area contributed by atoms with Crippen molar-refractivity contribution < 1.29 is 0 Å². The van der Waals surface area contributed by atoms with Crippen molar-refractivity contribution in [3.8, 4) is 0 Å². The third-order valence-corrected chi connectivity index (χ3v) is 3.41. The molecule has 15 heavy (non-hydrogen) atoms. The maximum absolute atomic E-state index is 2.47. The second-order valence-electron chi connectivity index (χ2n) is 5.06. The molecule has 1 atom stereocenters. The van der Waals surface area contributed by atoms with Crippen LogP contribution < -0.4 is 4.90 Å². The van der Waals surface area contributed by atoms with E-state index in [2.05, 4.69) is 50.1 Å². The molecule has 0 saturated carbocycles. The molecule has 2 rings (SSSR count). The predicted molar refractivity (Wildman–Crippen MR) is 66.4 cm³/mol. The molecule has 0 saturated heterocycles. The smallest absolute Gasteiger partial charge is 0.0398 e. The summed E-state index contributed by atoms with van der Waals surface area (Å²) in [7, 11) is 2.24. The van der Waals surface area contributed by atoms with Gasteiger partial charge in [-0.15, -0.1) is 0 Å². The molecule has 1 heteroatoms. The lowest BCUT2D eigenvalue weighted by Crippen LogP contribution is -2.36. The van der Waals surface area contributed by atoms with E-state index in [0.717, 1.165) is 12.0 Å². The average Bonchev–Trinajstić information content (AvgIpc) is 2.22. The van der Waals surface area contributed by atoms with Gasteiger partial charge in [-0.3, -0.25) is 0 Å². The summed E-state index contributed by atoms with van der Waals surface area (Å²) < 4.78 is 0. The van der Waals surface area contributed by atoms with Gasteiger partial charge in [0.2, 0.25) is 0 Å². The van der Waals surface area contributed by atoms with Gasteiger partial charge in [-0.1, -0.05) is 32.0 Å². The quantitative estimate of drug-likeness (QED) is 0.711. The first-order valence-electron chi connectivity index (χ1n) is 5.99. The van der Waals surface area contributed by atoms with Crippen LogP contribution in [0.1, 0.15) is 32.3 Å². The molecule has 0 fully saturated rings. The van der Waals surface area contributed by atoms with Gasteiger partial charge >= 0.3 is 0 Å². The Morgan fingerprint density at radius 2 is 2.07 bits per heavy atom. The second-order valence-corrected chi connectivity index (χ2v) is 5.06. The van der Waals surface area contributed by atoms with Crippen molar-refractivity contribution in [1.29, 1.82) is 0 Å². The molecule has 0 spiro atoms. The van der Waals surface area contributed by atoms with Gasteiger partial charge in [-0.05, 0) is 36.8 Å². The topological polar surface area (TPSA) is 3.24 Å². The van der Waals surface area contributed by atoms with E-state index in [4.69, 9.17) is 0 Å². The number of benzene rings is 1. The first kappa shape index (κ1) is 10.5. The third kappa shape index (κ3) is 2.17. The Bertz CT molecular complexity index is 330. The molecular formula is C14H21N. The van der Waals surface area contributed by atoms with E-state index < -0.39 is 0 Å². The molecule has 1 aromatic carbocycles. The van der Waals surface area contributed by atoms with Gasteiger partial charge in [0, 0.05) is 18.8 Å². The van der Waals surface area contributed by atoms with E-state index in [1.165, 1.54) is 30.5 Å². The minimum Gasteiger partial charge on any atom is -0.371 e. The largest absolute Gasteiger partial charge is 0.371 e. The minimum absolute atomic E-state index is 0.736. The van der Waals surface area contributed by atoms with Crippen LogP contribution in [-0.2, 0) is 6.42 Å². The Kier molecular flexibility index (Phi) is 2.99. The number of hydrogen-bond donors (Lipinski definition) is 0. The van der Waals surface area contributed by atoms with Gasteiger partial charge in [0.1, 0.15) is 0 Å². The Morgan fingerprint density at radius 3 is 2.80 bits per heavy atom. The molecule has 1 aliphatic rings. The van der Waals surface area contributed by atoms with Crippen molar-refractivity contribution in [3.63, 3.8) is 0 Å². The summed E-state index contributed by atoms with van der Waals surface area (Å²) >= 11 is 0. The average molecular weight is 203 g/mol. The van der Waals surface area contributed by atoms with E-state index in [1.54, 1.807) is 0 Å². The molecule has 1 aromatic rings. The molecule has 82 valence electrons. The second kappa shape index (κ2) is 4.26. The third-order valence-electron chi connectivity index (χ3n) is 3.41. The summed E-state index contributed by atoms with van der Waals surface area (Å²) in [4.78, 5) is 2.47. The van der Waals surface area contributed by atoms with Crippen LogP contribution in [0, 0.1) is 5.92 Å². The molecule has 0 aliphatic carbocycles. The first-order chi connectivity index (χ1) is 7.18. The number of anilines is 1. The number of para-hydroxylation sites is 1. The van der Waals surface area contributed by atoms with Crippen LogP contribution in [0.3, 0.4) is 0 Å². The van der Waals surface area contributed by atoms with Gasteiger partial charge in [0.25, 0.3) is 0 Å². The van der Waals surface area contributed by atoms with Crippen LogP contribution in [0.25, 0.3) is 0 Å². The van der Waals surface area contributed by atoms with Crippen LogP contribution in [0.2, 0.25) is 0 Å². The van der Waals surface area contributed by atoms with Crippen molar-refractivity contribution >= 4 is 5.69 Å². The fourth-order valence-corrected chi connectivity index (χ4v) is 2.60. The molecule has 0 radical (unpaired) electrons. The number of rotatable bonds is 2. The highest BCUT2D eigenvalue weighted by Crippen LogP contribution is 2.31.